The van der Waals surface area contributed by atoms with Crippen molar-refractivity contribution >= 4 is 5.78 Å². The lowest BCUT2D eigenvalue weighted by molar-refractivity contribution is -0.121. The van der Waals surface area contributed by atoms with Gasteiger partial charge in [0.2, 0.25) is 0 Å². The maximum absolute atomic E-state index is 11.7. The molecule has 1 N–H and O–H groups in total. The van der Waals surface area contributed by atoms with Gasteiger partial charge in [-0.1, -0.05) is 0 Å². The second-order valence-electron chi connectivity index (χ2n) is 4.37. The molecule has 0 bridgehead atoms. The van der Waals surface area contributed by atoms with E-state index in [-0.39, 0.29) is 5.78 Å². The molecule has 4 heteroatoms. The topological polar surface area (TPSA) is 55.0 Å². The monoisotopic (exact) mass is 222 g/mol. The first kappa shape index (κ1) is 11.3. The number of imidazole rings is 1. The van der Waals surface area contributed by atoms with Crippen LogP contribution >= 0.6 is 0 Å². The van der Waals surface area contributed by atoms with Gasteiger partial charge >= 0.3 is 0 Å². The highest BCUT2D eigenvalue weighted by Gasteiger charge is 2.30. The Kier molecular flexibility index (Phi) is 3.72. The third-order valence-electron chi connectivity index (χ3n) is 3.03. The van der Waals surface area contributed by atoms with Crippen molar-refractivity contribution in [1.29, 1.82) is 0 Å². The molecule has 1 aliphatic carbocycles. The summed E-state index contributed by atoms with van der Waals surface area (Å²) >= 11 is 0. The summed E-state index contributed by atoms with van der Waals surface area (Å²) in [5.41, 5.74) is 0. The predicted octanol–water partition coefficient (Wildman–Crippen LogP) is 1.73. The number of nitrogens with zero attached hydrogens (tertiary/aromatic N) is 1. The number of aromatic amines is 1. The number of carbonyl (C=O) groups excluding carboxylic acids is 1. The molecule has 1 aromatic heterocycles. The minimum absolute atomic E-state index is 0.273. The van der Waals surface area contributed by atoms with Crippen LogP contribution in [0.2, 0.25) is 0 Å². The molecule has 0 saturated heterocycles. The van der Waals surface area contributed by atoms with Crippen LogP contribution in [0, 0.1) is 5.92 Å². The molecule has 0 aliphatic heterocycles. The Bertz CT molecular complexity index is 329. The van der Waals surface area contributed by atoms with Crippen LogP contribution in [-0.2, 0) is 16.0 Å². The van der Waals surface area contributed by atoms with Gasteiger partial charge in [-0.25, -0.2) is 4.98 Å². The van der Waals surface area contributed by atoms with Gasteiger partial charge in [0.05, 0.1) is 12.5 Å². The van der Waals surface area contributed by atoms with Gasteiger partial charge in [0.15, 0.2) is 0 Å². The highest BCUT2D eigenvalue weighted by molar-refractivity contribution is 5.80. The zero-order valence-corrected chi connectivity index (χ0v) is 9.61. The van der Waals surface area contributed by atoms with E-state index in [0.717, 1.165) is 25.3 Å². The van der Waals surface area contributed by atoms with Crippen LogP contribution in [0.5, 0.6) is 0 Å². The second kappa shape index (κ2) is 5.25. The van der Waals surface area contributed by atoms with Crippen molar-refractivity contribution in [3.05, 3.63) is 18.2 Å². The van der Waals surface area contributed by atoms with Gasteiger partial charge in [-0.15, -0.1) is 0 Å². The van der Waals surface area contributed by atoms with Crippen molar-refractivity contribution in [2.75, 3.05) is 6.61 Å². The summed E-state index contributed by atoms with van der Waals surface area (Å²) < 4.78 is 5.47. The van der Waals surface area contributed by atoms with Crippen molar-refractivity contribution < 1.29 is 9.53 Å². The first-order valence-corrected chi connectivity index (χ1v) is 5.89. The number of aromatic nitrogens is 2. The van der Waals surface area contributed by atoms with Crippen LogP contribution in [0.15, 0.2) is 12.4 Å². The van der Waals surface area contributed by atoms with Gasteiger partial charge in [-0.3, -0.25) is 4.79 Å². The predicted molar refractivity (Wildman–Crippen MR) is 60.1 cm³/mol. The fourth-order valence-corrected chi connectivity index (χ4v) is 2.19. The number of carbonyl (C=O) groups is 1. The highest BCUT2D eigenvalue weighted by atomic mass is 16.5. The molecule has 0 unspecified atom stereocenters. The Hall–Kier alpha value is -1.16. The maximum atomic E-state index is 11.7. The van der Waals surface area contributed by atoms with E-state index >= 15 is 0 Å². The molecule has 4 nitrogen and oxygen atoms in total. The van der Waals surface area contributed by atoms with E-state index in [4.69, 9.17) is 4.74 Å². The van der Waals surface area contributed by atoms with Crippen molar-refractivity contribution in [2.24, 2.45) is 5.92 Å². The Morgan fingerprint density at radius 2 is 2.44 bits per heavy atom. The summed E-state index contributed by atoms with van der Waals surface area (Å²) in [6, 6.07) is 0. The van der Waals surface area contributed by atoms with E-state index in [9.17, 15) is 4.79 Å². The summed E-state index contributed by atoms with van der Waals surface area (Å²) in [5.74, 6) is 1.57. The number of rotatable bonds is 6. The zero-order valence-electron chi connectivity index (χ0n) is 9.61. The first-order chi connectivity index (χ1) is 7.78. The average molecular weight is 222 g/mol. The molecular weight excluding hydrogens is 204 g/mol. The SMILES string of the molecule is CCOC1CC(CC(=O)Cc2ncc[nH]2)C1. The molecule has 0 spiro atoms. The van der Waals surface area contributed by atoms with Gasteiger partial charge in [0.1, 0.15) is 11.6 Å². The lowest BCUT2D eigenvalue weighted by Gasteiger charge is -2.34. The molecule has 88 valence electrons. The molecule has 1 saturated carbocycles. The Balaban J connectivity index is 1.66. The zero-order chi connectivity index (χ0) is 11.4. The van der Waals surface area contributed by atoms with Gasteiger partial charge in [0, 0.05) is 25.4 Å². The molecule has 0 radical (unpaired) electrons. The molecule has 0 amide bonds. The number of hydrogen-bond acceptors (Lipinski definition) is 3. The number of H-pyrrole nitrogens is 1. The van der Waals surface area contributed by atoms with Crippen molar-refractivity contribution in [1.82, 2.24) is 9.97 Å². The number of ketones is 1. The largest absolute Gasteiger partial charge is 0.378 e. The van der Waals surface area contributed by atoms with Crippen LogP contribution in [0.25, 0.3) is 0 Å². The summed E-state index contributed by atoms with van der Waals surface area (Å²) in [6.07, 6.45) is 7.00. The Morgan fingerprint density at radius 1 is 1.62 bits per heavy atom. The Morgan fingerprint density at radius 3 is 3.06 bits per heavy atom. The van der Waals surface area contributed by atoms with E-state index in [1.54, 1.807) is 12.4 Å². The van der Waals surface area contributed by atoms with E-state index in [1.165, 1.54) is 0 Å². The molecule has 1 fully saturated rings. The molecule has 0 atom stereocenters. The van der Waals surface area contributed by atoms with E-state index in [2.05, 4.69) is 9.97 Å². The molecule has 2 rings (SSSR count). The molecule has 16 heavy (non-hydrogen) atoms. The molecule has 1 heterocycles. The summed E-state index contributed by atoms with van der Waals surface area (Å²) in [5, 5.41) is 0. The second-order valence-corrected chi connectivity index (χ2v) is 4.37. The summed E-state index contributed by atoms with van der Waals surface area (Å²) in [4.78, 5) is 18.7. The van der Waals surface area contributed by atoms with Crippen LogP contribution in [-0.4, -0.2) is 28.5 Å². The number of hydrogen-bond donors (Lipinski definition) is 1. The van der Waals surface area contributed by atoms with Crippen molar-refractivity contribution in [3.63, 3.8) is 0 Å². The first-order valence-electron chi connectivity index (χ1n) is 5.89. The van der Waals surface area contributed by atoms with E-state index in [0.29, 0.717) is 24.9 Å². The van der Waals surface area contributed by atoms with E-state index < -0.39 is 0 Å². The third-order valence-corrected chi connectivity index (χ3v) is 3.03. The molecule has 1 aromatic rings. The minimum Gasteiger partial charge on any atom is -0.378 e. The van der Waals surface area contributed by atoms with Crippen molar-refractivity contribution in [2.45, 2.75) is 38.7 Å². The van der Waals surface area contributed by atoms with Gasteiger partial charge < -0.3 is 9.72 Å². The third kappa shape index (κ3) is 2.92. The summed E-state index contributed by atoms with van der Waals surface area (Å²) in [7, 11) is 0. The average Bonchev–Trinajstić information content (AvgIpc) is 2.67. The van der Waals surface area contributed by atoms with Crippen LogP contribution in [0.1, 0.15) is 32.0 Å². The number of Topliss-reactive ketones (excluding diaryl/α,β-unsaturated/α-hetero) is 1. The lowest BCUT2D eigenvalue weighted by Crippen LogP contribution is -2.33. The quantitative estimate of drug-likeness (QED) is 0.797. The fraction of sp³-hybridized carbons (Fsp3) is 0.667. The maximum Gasteiger partial charge on any atom is 0.140 e. The van der Waals surface area contributed by atoms with Crippen LogP contribution in [0.4, 0.5) is 0 Å². The highest BCUT2D eigenvalue weighted by Crippen LogP contribution is 2.32. The molecular formula is C12H18N2O2. The van der Waals surface area contributed by atoms with Crippen LogP contribution < -0.4 is 0 Å². The normalized spacial score (nSPS) is 24.1. The van der Waals surface area contributed by atoms with Gasteiger partial charge in [-0.05, 0) is 25.7 Å². The number of ether oxygens (including phenoxy) is 1. The van der Waals surface area contributed by atoms with Gasteiger partial charge in [-0.2, -0.15) is 0 Å². The summed E-state index contributed by atoms with van der Waals surface area (Å²) in [6.45, 7) is 2.78. The smallest absolute Gasteiger partial charge is 0.140 e. The minimum atomic E-state index is 0.273. The Labute approximate surface area is 95.4 Å². The van der Waals surface area contributed by atoms with Gasteiger partial charge in [0.25, 0.3) is 0 Å². The van der Waals surface area contributed by atoms with Crippen LogP contribution in [0.3, 0.4) is 0 Å². The molecule has 1 aliphatic rings. The van der Waals surface area contributed by atoms with E-state index in [1.807, 2.05) is 6.92 Å². The molecule has 0 aromatic carbocycles. The fourth-order valence-electron chi connectivity index (χ4n) is 2.19. The van der Waals surface area contributed by atoms with Crippen molar-refractivity contribution in [3.8, 4) is 0 Å². The lowest BCUT2D eigenvalue weighted by atomic mass is 9.78. The number of nitrogens with one attached hydrogen (secondary N) is 1. The standard InChI is InChI=1S/C12H18N2O2/c1-2-16-11-6-9(7-11)5-10(15)8-12-13-3-4-14-12/h3-4,9,11H,2,5-8H2,1H3,(H,13,14).